The lowest BCUT2D eigenvalue weighted by atomic mass is 10.2. The van der Waals surface area contributed by atoms with Gasteiger partial charge in [-0.2, -0.15) is 5.48 Å². The Kier molecular flexibility index (Phi) is 1.61. The van der Waals surface area contributed by atoms with Crippen LogP contribution in [0, 0.1) is 0 Å². The van der Waals surface area contributed by atoms with E-state index in [0.717, 1.165) is 17.9 Å². The van der Waals surface area contributed by atoms with E-state index in [4.69, 9.17) is 4.84 Å². The molecule has 2 rings (SSSR count). The van der Waals surface area contributed by atoms with Crippen LogP contribution < -0.4 is 5.48 Å². The van der Waals surface area contributed by atoms with E-state index in [1.807, 2.05) is 36.4 Å². The van der Waals surface area contributed by atoms with Crippen molar-refractivity contribution >= 4 is 5.76 Å². The van der Waals surface area contributed by atoms with Crippen LogP contribution in [0.1, 0.15) is 5.56 Å². The zero-order valence-corrected chi connectivity index (χ0v) is 6.08. The van der Waals surface area contributed by atoms with Gasteiger partial charge >= 0.3 is 0 Å². The highest BCUT2D eigenvalue weighted by atomic mass is 16.7. The van der Waals surface area contributed by atoms with Gasteiger partial charge in [0, 0.05) is 5.56 Å². The summed E-state index contributed by atoms with van der Waals surface area (Å²) in [6.45, 7) is 0.796. The average molecular weight is 147 g/mol. The molecule has 56 valence electrons. The fourth-order valence-electron chi connectivity index (χ4n) is 1.07. The lowest BCUT2D eigenvalue weighted by molar-refractivity contribution is 0.191. The third-order valence-electron chi connectivity index (χ3n) is 1.61. The van der Waals surface area contributed by atoms with E-state index < -0.39 is 0 Å². The molecule has 0 fully saturated rings. The highest BCUT2D eigenvalue weighted by Gasteiger charge is 2.05. The maximum atomic E-state index is 5.15. The summed E-state index contributed by atoms with van der Waals surface area (Å²) in [6, 6.07) is 10.0. The number of hydrogen-bond acceptors (Lipinski definition) is 2. The van der Waals surface area contributed by atoms with E-state index in [9.17, 15) is 0 Å². The quantitative estimate of drug-likeness (QED) is 0.651. The zero-order valence-electron chi connectivity index (χ0n) is 6.08. The van der Waals surface area contributed by atoms with Gasteiger partial charge in [0.1, 0.15) is 0 Å². The molecule has 0 radical (unpaired) electrons. The summed E-state index contributed by atoms with van der Waals surface area (Å²) in [7, 11) is 0. The van der Waals surface area contributed by atoms with Gasteiger partial charge in [-0.05, 0) is 6.08 Å². The Labute approximate surface area is 65.4 Å². The summed E-state index contributed by atoms with van der Waals surface area (Å²) in [5.74, 6) is 0.922. The van der Waals surface area contributed by atoms with Crippen molar-refractivity contribution in [2.24, 2.45) is 0 Å². The second kappa shape index (κ2) is 2.76. The van der Waals surface area contributed by atoms with Crippen LogP contribution in [-0.4, -0.2) is 6.54 Å². The molecule has 1 aromatic rings. The van der Waals surface area contributed by atoms with Crippen molar-refractivity contribution < 1.29 is 4.84 Å². The van der Waals surface area contributed by atoms with Crippen molar-refractivity contribution in [1.82, 2.24) is 5.48 Å². The summed E-state index contributed by atoms with van der Waals surface area (Å²) in [6.07, 6.45) is 2.02. The Morgan fingerprint density at radius 3 is 2.64 bits per heavy atom. The van der Waals surface area contributed by atoms with Crippen molar-refractivity contribution in [2.75, 3.05) is 6.54 Å². The minimum atomic E-state index is 0.796. The summed E-state index contributed by atoms with van der Waals surface area (Å²) in [5, 5.41) is 0. The van der Waals surface area contributed by atoms with Crippen LogP contribution in [0.4, 0.5) is 0 Å². The summed E-state index contributed by atoms with van der Waals surface area (Å²) in [4.78, 5) is 5.15. The molecule has 1 N–H and O–H groups in total. The highest BCUT2D eigenvalue weighted by Crippen LogP contribution is 2.16. The number of hydroxylamine groups is 1. The molecule has 2 nitrogen and oxygen atoms in total. The normalized spacial score (nSPS) is 15.8. The Bertz CT molecular complexity index is 266. The first kappa shape index (κ1) is 6.43. The monoisotopic (exact) mass is 147 g/mol. The van der Waals surface area contributed by atoms with Crippen LogP contribution in [0.25, 0.3) is 5.76 Å². The summed E-state index contributed by atoms with van der Waals surface area (Å²) in [5.41, 5.74) is 3.90. The van der Waals surface area contributed by atoms with Crippen LogP contribution in [0.15, 0.2) is 36.4 Å². The van der Waals surface area contributed by atoms with Gasteiger partial charge in [0.25, 0.3) is 0 Å². The van der Waals surface area contributed by atoms with Crippen molar-refractivity contribution in [3.63, 3.8) is 0 Å². The molecule has 0 bridgehead atoms. The van der Waals surface area contributed by atoms with Gasteiger partial charge in [0.2, 0.25) is 0 Å². The molecular weight excluding hydrogens is 138 g/mol. The number of nitrogens with one attached hydrogen (secondary N) is 1. The average Bonchev–Trinajstić information content (AvgIpc) is 2.58. The standard InChI is InChI=1S/C9H9NO/c1-2-4-8(5-3-1)9-6-7-10-11-9/h1-6,10H,7H2. The first-order valence-corrected chi connectivity index (χ1v) is 3.62. The summed E-state index contributed by atoms with van der Waals surface area (Å²) >= 11 is 0. The van der Waals surface area contributed by atoms with Crippen molar-refractivity contribution in [3.05, 3.63) is 42.0 Å². The fraction of sp³-hybridized carbons (Fsp3) is 0.111. The number of benzene rings is 1. The molecule has 0 unspecified atom stereocenters. The summed E-state index contributed by atoms with van der Waals surface area (Å²) < 4.78 is 0. The van der Waals surface area contributed by atoms with Gasteiger partial charge in [0.05, 0.1) is 6.54 Å². The molecule has 0 aromatic heterocycles. The largest absolute Gasteiger partial charge is 0.408 e. The predicted molar refractivity (Wildman–Crippen MR) is 43.5 cm³/mol. The fourth-order valence-corrected chi connectivity index (χ4v) is 1.07. The Morgan fingerprint density at radius 1 is 1.18 bits per heavy atom. The Hall–Kier alpha value is -1.28. The predicted octanol–water partition coefficient (Wildman–Crippen LogP) is 1.56. The van der Waals surface area contributed by atoms with Gasteiger partial charge in [-0.1, -0.05) is 30.3 Å². The van der Waals surface area contributed by atoms with Gasteiger partial charge < -0.3 is 4.84 Å². The Balaban J connectivity index is 2.29. The van der Waals surface area contributed by atoms with Gasteiger partial charge in [-0.15, -0.1) is 0 Å². The topological polar surface area (TPSA) is 21.3 Å². The smallest absolute Gasteiger partial charge is 0.151 e. The highest BCUT2D eigenvalue weighted by molar-refractivity contribution is 5.60. The van der Waals surface area contributed by atoms with Crippen molar-refractivity contribution in [3.8, 4) is 0 Å². The molecule has 0 amide bonds. The van der Waals surface area contributed by atoms with Crippen LogP contribution in [0.3, 0.4) is 0 Å². The van der Waals surface area contributed by atoms with Crippen LogP contribution in [0.5, 0.6) is 0 Å². The lowest BCUT2D eigenvalue weighted by Crippen LogP contribution is -2.04. The van der Waals surface area contributed by atoms with Crippen LogP contribution in [-0.2, 0) is 4.84 Å². The Morgan fingerprint density at radius 2 is 2.00 bits per heavy atom. The molecule has 0 saturated heterocycles. The lowest BCUT2D eigenvalue weighted by Gasteiger charge is -2.00. The molecular formula is C9H9NO. The minimum absolute atomic E-state index is 0.796. The molecule has 0 spiro atoms. The third kappa shape index (κ3) is 1.25. The molecule has 1 heterocycles. The molecule has 1 aliphatic heterocycles. The van der Waals surface area contributed by atoms with E-state index >= 15 is 0 Å². The molecule has 1 aliphatic rings. The molecule has 2 heteroatoms. The molecule has 0 saturated carbocycles. The van der Waals surface area contributed by atoms with Crippen molar-refractivity contribution in [2.45, 2.75) is 0 Å². The van der Waals surface area contributed by atoms with Crippen molar-refractivity contribution in [1.29, 1.82) is 0 Å². The number of hydrogen-bond donors (Lipinski definition) is 1. The van der Waals surface area contributed by atoms with Crippen LogP contribution >= 0.6 is 0 Å². The van der Waals surface area contributed by atoms with Gasteiger partial charge in [-0.25, -0.2) is 0 Å². The molecule has 0 aliphatic carbocycles. The van der Waals surface area contributed by atoms with E-state index in [0.29, 0.717) is 0 Å². The van der Waals surface area contributed by atoms with Gasteiger partial charge in [-0.3, -0.25) is 0 Å². The number of rotatable bonds is 1. The maximum absolute atomic E-state index is 5.15. The van der Waals surface area contributed by atoms with E-state index in [2.05, 4.69) is 5.48 Å². The van der Waals surface area contributed by atoms with Gasteiger partial charge in [0.15, 0.2) is 5.76 Å². The molecule has 0 atom stereocenters. The van der Waals surface area contributed by atoms with E-state index in [1.54, 1.807) is 0 Å². The van der Waals surface area contributed by atoms with Crippen LogP contribution in [0.2, 0.25) is 0 Å². The minimum Gasteiger partial charge on any atom is -0.408 e. The van der Waals surface area contributed by atoms with E-state index in [-0.39, 0.29) is 0 Å². The third-order valence-corrected chi connectivity index (χ3v) is 1.61. The zero-order chi connectivity index (χ0) is 7.52. The first-order valence-electron chi connectivity index (χ1n) is 3.62. The second-order valence-corrected chi connectivity index (χ2v) is 2.38. The first-order chi connectivity index (χ1) is 5.47. The molecule has 11 heavy (non-hydrogen) atoms. The molecule has 1 aromatic carbocycles. The SMILES string of the molecule is C1=C(c2ccccc2)ONC1. The maximum Gasteiger partial charge on any atom is 0.151 e. The second-order valence-electron chi connectivity index (χ2n) is 2.38. The van der Waals surface area contributed by atoms with E-state index in [1.165, 1.54) is 0 Å².